The summed E-state index contributed by atoms with van der Waals surface area (Å²) in [6.45, 7) is 6.91. The van der Waals surface area contributed by atoms with Gasteiger partial charge in [-0.05, 0) is 48.3 Å². The molecule has 3 unspecified atom stereocenters. The van der Waals surface area contributed by atoms with Crippen molar-refractivity contribution in [2.45, 2.75) is 52.6 Å². The van der Waals surface area contributed by atoms with E-state index in [0.29, 0.717) is 5.92 Å². The summed E-state index contributed by atoms with van der Waals surface area (Å²) in [6.07, 6.45) is 3.75. The van der Waals surface area contributed by atoms with Gasteiger partial charge in [0.2, 0.25) is 0 Å². The zero-order chi connectivity index (χ0) is 15.3. The maximum absolute atomic E-state index is 12.2. The van der Waals surface area contributed by atoms with E-state index in [1.807, 2.05) is 0 Å². The van der Waals surface area contributed by atoms with Gasteiger partial charge in [0.1, 0.15) is 11.9 Å². The Labute approximate surface area is 126 Å². The van der Waals surface area contributed by atoms with Gasteiger partial charge in [-0.3, -0.25) is 4.79 Å². The summed E-state index contributed by atoms with van der Waals surface area (Å²) in [5.41, 5.74) is 1.25. The molecular formula is C18H24O3. The molecule has 21 heavy (non-hydrogen) atoms. The zero-order valence-electron chi connectivity index (χ0n) is 13.1. The number of hydrogen-bond acceptors (Lipinski definition) is 3. The third-order valence-electron chi connectivity index (χ3n) is 6.27. The van der Waals surface area contributed by atoms with Gasteiger partial charge in [0.15, 0.2) is 0 Å². The van der Waals surface area contributed by atoms with Crippen LogP contribution >= 0.6 is 0 Å². The van der Waals surface area contributed by atoms with E-state index in [2.05, 4.69) is 20.8 Å². The highest BCUT2D eigenvalue weighted by Gasteiger charge is 2.62. The molecule has 2 aliphatic rings. The first kappa shape index (κ1) is 14.4. The fourth-order valence-electron chi connectivity index (χ4n) is 4.29. The second-order valence-corrected chi connectivity index (χ2v) is 7.43. The molecule has 3 rings (SSSR count). The molecule has 2 saturated carbocycles. The lowest BCUT2D eigenvalue weighted by Gasteiger charge is -2.38. The second kappa shape index (κ2) is 4.75. The second-order valence-electron chi connectivity index (χ2n) is 7.43. The summed E-state index contributed by atoms with van der Waals surface area (Å²) in [7, 11) is 0. The van der Waals surface area contributed by atoms with Crippen molar-refractivity contribution < 1.29 is 14.6 Å². The number of aromatic hydroxyl groups is 1. The van der Waals surface area contributed by atoms with E-state index in [-0.39, 0.29) is 35.1 Å². The fraction of sp³-hybridized carbons (Fsp3) is 0.611. The first-order chi connectivity index (χ1) is 9.83. The molecule has 1 N–H and O–H groups in total. The largest absolute Gasteiger partial charge is 0.508 e. The van der Waals surface area contributed by atoms with Crippen LogP contribution < -0.4 is 0 Å². The monoisotopic (exact) mass is 288 g/mol. The first-order valence-corrected chi connectivity index (χ1v) is 7.80. The fourth-order valence-corrected chi connectivity index (χ4v) is 4.29. The quantitative estimate of drug-likeness (QED) is 0.863. The maximum Gasteiger partial charge on any atom is 0.310 e. The minimum absolute atomic E-state index is 0.0517. The predicted molar refractivity (Wildman–Crippen MR) is 80.9 cm³/mol. The van der Waals surface area contributed by atoms with Crippen LogP contribution in [0.1, 0.15) is 45.6 Å². The summed E-state index contributed by atoms with van der Waals surface area (Å²) in [5.74, 6) is 0.735. The lowest BCUT2D eigenvalue weighted by molar-refractivity contribution is -0.156. The minimum atomic E-state index is -0.157. The number of rotatable bonds is 3. The molecule has 1 aromatic rings. The lowest BCUT2D eigenvalue weighted by Crippen LogP contribution is -2.38. The molecule has 3 atom stereocenters. The Bertz CT molecular complexity index is 546. The van der Waals surface area contributed by atoms with E-state index in [0.717, 1.165) is 18.4 Å². The van der Waals surface area contributed by atoms with E-state index in [9.17, 15) is 9.90 Å². The number of benzene rings is 1. The van der Waals surface area contributed by atoms with Crippen LogP contribution in [0, 0.1) is 16.7 Å². The average Bonchev–Trinajstić information content (AvgIpc) is 2.74. The van der Waals surface area contributed by atoms with E-state index in [1.165, 1.54) is 6.42 Å². The summed E-state index contributed by atoms with van der Waals surface area (Å²) in [4.78, 5) is 12.2. The molecule has 2 aliphatic carbocycles. The number of carbonyl (C=O) groups excluding carboxylic acids is 1. The maximum atomic E-state index is 12.2. The van der Waals surface area contributed by atoms with Gasteiger partial charge < -0.3 is 9.84 Å². The number of phenolic OH excluding ortho intramolecular Hbond substituents is 1. The molecule has 3 nitrogen and oxygen atoms in total. The van der Waals surface area contributed by atoms with Gasteiger partial charge in [-0.15, -0.1) is 0 Å². The van der Waals surface area contributed by atoms with Crippen molar-refractivity contribution in [2.75, 3.05) is 0 Å². The smallest absolute Gasteiger partial charge is 0.310 e. The highest BCUT2D eigenvalue weighted by atomic mass is 16.5. The van der Waals surface area contributed by atoms with Gasteiger partial charge in [-0.2, -0.15) is 0 Å². The number of fused-ring (bicyclic) bond motifs is 2. The van der Waals surface area contributed by atoms with Crippen LogP contribution in [0.25, 0.3) is 0 Å². The SMILES string of the molecule is CC1(C)C2CCC1(C)C(OC(=O)Cc1ccc(O)cc1)C2. The molecule has 0 amide bonds. The van der Waals surface area contributed by atoms with Crippen molar-refractivity contribution >= 4 is 5.97 Å². The van der Waals surface area contributed by atoms with Crippen LogP contribution in [0.3, 0.4) is 0 Å². The highest BCUT2D eigenvalue weighted by Crippen LogP contribution is 2.66. The predicted octanol–water partition coefficient (Wildman–Crippen LogP) is 3.69. The molecule has 2 fully saturated rings. The van der Waals surface area contributed by atoms with E-state index in [1.54, 1.807) is 24.3 Å². The van der Waals surface area contributed by atoms with Gasteiger partial charge in [0, 0.05) is 5.41 Å². The normalized spacial score (nSPS) is 33.1. The average molecular weight is 288 g/mol. The van der Waals surface area contributed by atoms with Crippen LogP contribution in [0.2, 0.25) is 0 Å². The van der Waals surface area contributed by atoms with Gasteiger partial charge in [0.25, 0.3) is 0 Å². The summed E-state index contributed by atoms with van der Waals surface area (Å²) in [6, 6.07) is 6.74. The number of esters is 1. The van der Waals surface area contributed by atoms with E-state index >= 15 is 0 Å². The summed E-state index contributed by atoms with van der Waals surface area (Å²) in [5, 5.41) is 9.27. The Balaban J connectivity index is 1.65. The molecule has 2 bridgehead atoms. The van der Waals surface area contributed by atoms with Crippen molar-refractivity contribution in [2.24, 2.45) is 16.7 Å². The molecule has 1 aromatic carbocycles. The standard InChI is InChI=1S/C18H24O3/c1-17(2)13-8-9-18(17,3)15(11-13)21-16(20)10-12-4-6-14(19)7-5-12/h4-7,13,15,19H,8-11H2,1-3H3. The molecule has 0 aliphatic heterocycles. The Morgan fingerprint density at radius 2 is 1.95 bits per heavy atom. The first-order valence-electron chi connectivity index (χ1n) is 7.80. The lowest BCUT2D eigenvalue weighted by atomic mass is 9.70. The van der Waals surface area contributed by atoms with Crippen LogP contribution in [0.15, 0.2) is 24.3 Å². The van der Waals surface area contributed by atoms with E-state index < -0.39 is 0 Å². The van der Waals surface area contributed by atoms with Crippen LogP contribution in [0.4, 0.5) is 0 Å². The molecule has 0 radical (unpaired) electrons. The van der Waals surface area contributed by atoms with Crippen LogP contribution in [-0.2, 0) is 16.0 Å². The molecule has 0 spiro atoms. The molecular weight excluding hydrogens is 264 g/mol. The van der Waals surface area contributed by atoms with Crippen LogP contribution in [-0.4, -0.2) is 17.2 Å². The molecule has 0 aromatic heterocycles. The number of ether oxygens (including phenoxy) is 1. The van der Waals surface area contributed by atoms with Crippen molar-refractivity contribution in [3.63, 3.8) is 0 Å². The number of phenols is 1. The zero-order valence-corrected chi connectivity index (χ0v) is 13.1. The minimum Gasteiger partial charge on any atom is -0.508 e. The van der Waals surface area contributed by atoms with Crippen molar-refractivity contribution in [1.29, 1.82) is 0 Å². The van der Waals surface area contributed by atoms with Gasteiger partial charge in [-0.1, -0.05) is 32.9 Å². The summed E-state index contributed by atoms with van der Waals surface area (Å²) < 4.78 is 5.82. The Hall–Kier alpha value is -1.51. The number of hydrogen-bond donors (Lipinski definition) is 1. The van der Waals surface area contributed by atoms with E-state index in [4.69, 9.17) is 4.74 Å². The Morgan fingerprint density at radius 1 is 1.29 bits per heavy atom. The summed E-state index contributed by atoms with van der Waals surface area (Å²) >= 11 is 0. The van der Waals surface area contributed by atoms with Gasteiger partial charge in [0.05, 0.1) is 6.42 Å². The molecule has 3 heteroatoms. The third kappa shape index (κ3) is 2.23. The topological polar surface area (TPSA) is 46.5 Å². The van der Waals surface area contributed by atoms with Crippen molar-refractivity contribution in [1.82, 2.24) is 0 Å². The molecule has 0 heterocycles. The number of carbonyl (C=O) groups is 1. The van der Waals surface area contributed by atoms with Gasteiger partial charge in [-0.25, -0.2) is 0 Å². The Morgan fingerprint density at radius 3 is 2.48 bits per heavy atom. The third-order valence-corrected chi connectivity index (χ3v) is 6.27. The highest BCUT2D eigenvalue weighted by molar-refractivity contribution is 5.73. The van der Waals surface area contributed by atoms with Crippen molar-refractivity contribution in [3.05, 3.63) is 29.8 Å². The Kier molecular flexibility index (Phi) is 3.27. The van der Waals surface area contributed by atoms with Crippen LogP contribution in [0.5, 0.6) is 5.75 Å². The van der Waals surface area contributed by atoms with Crippen molar-refractivity contribution in [3.8, 4) is 5.75 Å². The molecule has 114 valence electrons. The molecule has 0 saturated heterocycles. The van der Waals surface area contributed by atoms with Gasteiger partial charge >= 0.3 is 5.97 Å².